The quantitative estimate of drug-likeness (QED) is 0.898. The van der Waals surface area contributed by atoms with Gasteiger partial charge in [-0.15, -0.1) is 0 Å². The second-order valence-electron chi connectivity index (χ2n) is 6.34. The van der Waals surface area contributed by atoms with Gasteiger partial charge in [0.2, 0.25) is 0 Å². The summed E-state index contributed by atoms with van der Waals surface area (Å²) in [5, 5.41) is 20.0. The van der Waals surface area contributed by atoms with Gasteiger partial charge in [0.15, 0.2) is 0 Å². The van der Waals surface area contributed by atoms with Crippen LogP contribution in [0.3, 0.4) is 0 Å². The van der Waals surface area contributed by atoms with Gasteiger partial charge in [-0.3, -0.25) is 4.79 Å². The van der Waals surface area contributed by atoms with Crippen molar-refractivity contribution in [2.75, 3.05) is 0 Å². The van der Waals surface area contributed by atoms with E-state index in [0.29, 0.717) is 6.42 Å². The molecule has 1 heterocycles. The number of carbonyl (C=O) groups is 1. The van der Waals surface area contributed by atoms with Crippen LogP contribution in [0.5, 0.6) is 5.75 Å². The van der Waals surface area contributed by atoms with Gasteiger partial charge in [-0.25, -0.2) is 0 Å². The number of benzene rings is 1. The molecule has 1 aliphatic carbocycles. The normalized spacial score (nSPS) is 29.5. The van der Waals surface area contributed by atoms with Crippen molar-refractivity contribution in [3.63, 3.8) is 0 Å². The summed E-state index contributed by atoms with van der Waals surface area (Å²) in [6.45, 7) is 2.03. The van der Waals surface area contributed by atoms with E-state index in [-0.39, 0.29) is 12.0 Å². The van der Waals surface area contributed by atoms with E-state index in [0.717, 1.165) is 42.6 Å². The number of fused-ring (bicyclic) bond motifs is 1. The molecule has 1 aromatic carbocycles. The topological polar surface area (TPSA) is 66.8 Å². The fourth-order valence-corrected chi connectivity index (χ4v) is 3.72. The summed E-state index contributed by atoms with van der Waals surface area (Å²) in [6.07, 6.45) is 3.71. The number of carboxylic acid groups (broad SMARTS) is 1. The van der Waals surface area contributed by atoms with E-state index in [1.165, 1.54) is 0 Å². The molecule has 1 aliphatic heterocycles. The number of rotatable bonds is 3. The molecule has 4 unspecified atom stereocenters. The molecule has 0 bridgehead atoms. The van der Waals surface area contributed by atoms with Crippen LogP contribution in [0, 0.1) is 11.8 Å². The molecule has 21 heavy (non-hydrogen) atoms. The van der Waals surface area contributed by atoms with E-state index in [2.05, 4.69) is 0 Å². The van der Waals surface area contributed by atoms with Crippen LogP contribution in [0.1, 0.15) is 49.8 Å². The summed E-state index contributed by atoms with van der Waals surface area (Å²) in [5.74, 6) is -0.514. The van der Waals surface area contributed by atoms with Crippen LogP contribution in [-0.4, -0.2) is 22.3 Å². The van der Waals surface area contributed by atoms with Gasteiger partial charge in [0.1, 0.15) is 11.9 Å². The molecule has 0 radical (unpaired) electrons. The number of aliphatic hydroxyl groups is 1. The van der Waals surface area contributed by atoms with Gasteiger partial charge in [0.05, 0.1) is 12.0 Å². The minimum Gasteiger partial charge on any atom is -0.490 e. The van der Waals surface area contributed by atoms with Crippen molar-refractivity contribution in [1.29, 1.82) is 0 Å². The third-order valence-corrected chi connectivity index (χ3v) is 4.80. The lowest BCUT2D eigenvalue weighted by Gasteiger charge is -2.32. The number of hydrogen-bond donors (Lipinski definition) is 2. The van der Waals surface area contributed by atoms with E-state index >= 15 is 0 Å². The SMILES string of the molecule is CC1Cc2cc(C(O)C3CCCCC3C(=O)O)ccc2O1. The highest BCUT2D eigenvalue weighted by Crippen LogP contribution is 2.40. The van der Waals surface area contributed by atoms with Gasteiger partial charge in [-0.05, 0) is 43.0 Å². The summed E-state index contributed by atoms with van der Waals surface area (Å²) in [5.41, 5.74) is 1.94. The van der Waals surface area contributed by atoms with Crippen molar-refractivity contribution < 1.29 is 19.7 Å². The van der Waals surface area contributed by atoms with Crippen LogP contribution in [0.25, 0.3) is 0 Å². The molecule has 0 saturated heterocycles. The van der Waals surface area contributed by atoms with Crippen LogP contribution in [0.2, 0.25) is 0 Å². The maximum absolute atomic E-state index is 11.4. The zero-order valence-electron chi connectivity index (χ0n) is 12.3. The minimum atomic E-state index is -0.781. The van der Waals surface area contributed by atoms with Crippen LogP contribution in [0.4, 0.5) is 0 Å². The highest BCUT2D eigenvalue weighted by molar-refractivity contribution is 5.70. The van der Waals surface area contributed by atoms with Crippen LogP contribution in [-0.2, 0) is 11.2 Å². The van der Waals surface area contributed by atoms with Crippen LogP contribution in [0.15, 0.2) is 18.2 Å². The summed E-state index contributed by atoms with van der Waals surface area (Å²) in [4.78, 5) is 11.4. The average Bonchev–Trinajstić information content (AvgIpc) is 2.85. The Morgan fingerprint density at radius 2 is 2.10 bits per heavy atom. The Morgan fingerprint density at radius 3 is 2.86 bits per heavy atom. The molecule has 4 atom stereocenters. The molecule has 114 valence electrons. The summed E-state index contributed by atoms with van der Waals surface area (Å²) in [7, 11) is 0. The molecule has 2 N–H and O–H groups in total. The highest BCUT2D eigenvalue weighted by Gasteiger charge is 2.36. The molecule has 4 heteroatoms. The number of carboxylic acids is 1. The van der Waals surface area contributed by atoms with Crippen molar-refractivity contribution in [3.8, 4) is 5.75 Å². The monoisotopic (exact) mass is 290 g/mol. The molecule has 0 amide bonds. The van der Waals surface area contributed by atoms with Crippen molar-refractivity contribution in [1.82, 2.24) is 0 Å². The molecular weight excluding hydrogens is 268 g/mol. The molecule has 2 aliphatic rings. The Hall–Kier alpha value is -1.55. The fourth-order valence-electron chi connectivity index (χ4n) is 3.72. The van der Waals surface area contributed by atoms with Crippen molar-refractivity contribution in [2.24, 2.45) is 11.8 Å². The Labute approximate surface area is 124 Å². The van der Waals surface area contributed by atoms with Crippen LogP contribution >= 0.6 is 0 Å². The van der Waals surface area contributed by atoms with Gasteiger partial charge in [-0.2, -0.15) is 0 Å². The van der Waals surface area contributed by atoms with E-state index in [1.54, 1.807) is 0 Å². The van der Waals surface area contributed by atoms with E-state index in [1.807, 2.05) is 25.1 Å². The molecule has 1 saturated carbocycles. The zero-order valence-corrected chi connectivity index (χ0v) is 12.3. The Bertz CT molecular complexity index is 540. The fraction of sp³-hybridized carbons (Fsp3) is 0.588. The third-order valence-electron chi connectivity index (χ3n) is 4.80. The maximum atomic E-state index is 11.4. The Balaban J connectivity index is 1.83. The second kappa shape index (κ2) is 5.68. The number of aliphatic carboxylic acids is 1. The second-order valence-corrected chi connectivity index (χ2v) is 6.34. The summed E-state index contributed by atoms with van der Waals surface area (Å²) >= 11 is 0. The van der Waals surface area contributed by atoms with Gasteiger partial charge < -0.3 is 14.9 Å². The average molecular weight is 290 g/mol. The smallest absolute Gasteiger partial charge is 0.306 e. The molecule has 0 spiro atoms. The van der Waals surface area contributed by atoms with Crippen molar-refractivity contribution >= 4 is 5.97 Å². The lowest BCUT2D eigenvalue weighted by molar-refractivity contribution is -0.147. The Kier molecular flexibility index (Phi) is 3.89. The minimum absolute atomic E-state index is 0.175. The van der Waals surface area contributed by atoms with Gasteiger partial charge >= 0.3 is 5.97 Å². The maximum Gasteiger partial charge on any atom is 0.306 e. The van der Waals surface area contributed by atoms with E-state index in [9.17, 15) is 15.0 Å². The first kappa shape index (κ1) is 14.4. The first-order chi connectivity index (χ1) is 10.1. The first-order valence-electron chi connectivity index (χ1n) is 7.76. The first-order valence-corrected chi connectivity index (χ1v) is 7.76. The molecule has 0 aromatic heterocycles. The summed E-state index contributed by atoms with van der Waals surface area (Å²) in [6, 6.07) is 5.75. The molecule has 1 aromatic rings. The predicted molar refractivity (Wildman–Crippen MR) is 78.3 cm³/mol. The van der Waals surface area contributed by atoms with E-state index in [4.69, 9.17) is 4.74 Å². The third kappa shape index (κ3) is 2.77. The zero-order chi connectivity index (χ0) is 15.0. The van der Waals surface area contributed by atoms with Crippen molar-refractivity contribution in [3.05, 3.63) is 29.3 Å². The highest BCUT2D eigenvalue weighted by atomic mass is 16.5. The van der Waals surface area contributed by atoms with Crippen LogP contribution < -0.4 is 4.74 Å². The number of ether oxygens (including phenoxy) is 1. The van der Waals surface area contributed by atoms with Gasteiger partial charge in [0, 0.05) is 12.3 Å². The van der Waals surface area contributed by atoms with Gasteiger partial charge in [-0.1, -0.05) is 18.9 Å². The largest absolute Gasteiger partial charge is 0.490 e. The van der Waals surface area contributed by atoms with E-state index < -0.39 is 18.0 Å². The number of aliphatic hydroxyl groups excluding tert-OH is 1. The molecule has 1 fully saturated rings. The van der Waals surface area contributed by atoms with Crippen molar-refractivity contribution in [2.45, 2.75) is 51.2 Å². The molecule has 3 rings (SSSR count). The Morgan fingerprint density at radius 1 is 1.33 bits per heavy atom. The summed E-state index contributed by atoms with van der Waals surface area (Å²) < 4.78 is 5.67. The molecule has 4 nitrogen and oxygen atoms in total. The standard InChI is InChI=1S/C17H22O4/c1-10-8-12-9-11(6-7-15(12)21-10)16(18)13-4-2-3-5-14(13)17(19)20/h6-7,9-10,13-14,16,18H,2-5,8H2,1H3,(H,19,20). The molecular formula is C17H22O4. The number of hydrogen-bond acceptors (Lipinski definition) is 3. The lowest BCUT2D eigenvalue weighted by Crippen LogP contribution is -2.31. The van der Waals surface area contributed by atoms with Gasteiger partial charge in [0.25, 0.3) is 0 Å². The lowest BCUT2D eigenvalue weighted by atomic mass is 9.74. The predicted octanol–water partition coefficient (Wildman–Crippen LogP) is 2.93.